The van der Waals surface area contributed by atoms with Gasteiger partial charge in [-0.2, -0.15) is 0 Å². The number of hydrogen-bond acceptors (Lipinski definition) is 4. The van der Waals surface area contributed by atoms with Crippen LogP contribution in [0.25, 0.3) is 10.9 Å². The average molecular weight is 444 g/mol. The van der Waals surface area contributed by atoms with Crippen molar-refractivity contribution in [2.24, 2.45) is 11.8 Å². The summed E-state index contributed by atoms with van der Waals surface area (Å²) in [5, 5.41) is 4.22. The molecule has 3 aromatic rings. The van der Waals surface area contributed by atoms with Gasteiger partial charge in [0.15, 0.2) is 0 Å². The van der Waals surface area contributed by atoms with Gasteiger partial charge in [0.05, 0.1) is 37.3 Å². The third-order valence-corrected chi connectivity index (χ3v) is 7.15. The largest absolute Gasteiger partial charge is 0.495 e. The van der Waals surface area contributed by atoms with Gasteiger partial charge >= 0.3 is 0 Å². The van der Waals surface area contributed by atoms with Gasteiger partial charge in [-0.3, -0.25) is 9.59 Å². The Morgan fingerprint density at radius 3 is 2.94 bits per heavy atom. The molecule has 3 aliphatic rings. The summed E-state index contributed by atoms with van der Waals surface area (Å²) in [4.78, 5) is 31.7. The molecule has 6 rings (SSSR count). The molecule has 3 aliphatic heterocycles. The van der Waals surface area contributed by atoms with Crippen LogP contribution in [-0.4, -0.2) is 48.7 Å². The third kappa shape index (κ3) is 2.99. The smallest absolute Gasteiger partial charge is 0.234 e. The number of para-hydroxylation sites is 3. The number of fused-ring (bicyclic) bond motifs is 2. The van der Waals surface area contributed by atoms with Gasteiger partial charge in [0.2, 0.25) is 11.8 Å². The van der Waals surface area contributed by atoms with E-state index in [1.165, 1.54) is 0 Å². The molecular weight excluding hydrogens is 418 g/mol. The topological polar surface area (TPSA) is 83.7 Å². The number of nitrogens with zero attached hydrogens (tertiary/aromatic N) is 1. The minimum Gasteiger partial charge on any atom is -0.495 e. The van der Waals surface area contributed by atoms with E-state index in [4.69, 9.17) is 9.47 Å². The van der Waals surface area contributed by atoms with Gasteiger partial charge in [-0.15, -0.1) is 0 Å². The molecule has 168 valence electrons. The zero-order chi connectivity index (χ0) is 22.6. The van der Waals surface area contributed by atoms with E-state index in [-0.39, 0.29) is 17.9 Å². The lowest BCUT2D eigenvalue weighted by molar-refractivity contribution is -0.131. The number of aromatic nitrogens is 1. The minimum absolute atomic E-state index is 0.0943. The van der Waals surface area contributed by atoms with Gasteiger partial charge in [-0.05, 0) is 30.2 Å². The van der Waals surface area contributed by atoms with Gasteiger partial charge in [-0.1, -0.05) is 42.5 Å². The lowest BCUT2D eigenvalue weighted by atomic mass is 9.77. The van der Waals surface area contributed by atoms with Crippen molar-refractivity contribution < 1.29 is 19.1 Å². The number of H-pyrrole nitrogens is 1. The summed E-state index contributed by atoms with van der Waals surface area (Å²) in [7, 11) is 1.59. The summed E-state index contributed by atoms with van der Waals surface area (Å²) >= 11 is 0. The van der Waals surface area contributed by atoms with Crippen molar-refractivity contribution in [3.63, 3.8) is 0 Å². The van der Waals surface area contributed by atoms with Gasteiger partial charge in [-0.25, -0.2) is 0 Å². The second-order valence-electron chi connectivity index (χ2n) is 8.90. The molecular formula is C26H25N3O4. The van der Waals surface area contributed by atoms with E-state index in [9.17, 15) is 9.59 Å². The van der Waals surface area contributed by atoms with Gasteiger partial charge < -0.3 is 24.7 Å². The van der Waals surface area contributed by atoms with E-state index in [2.05, 4.69) is 16.4 Å². The number of amides is 2. The Hall–Kier alpha value is -3.58. The van der Waals surface area contributed by atoms with Crippen LogP contribution in [0.4, 0.5) is 5.69 Å². The van der Waals surface area contributed by atoms with E-state index in [1.54, 1.807) is 12.0 Å². The number of carbonyl (C=O) groups excluding carboxylic acids is 2. The van der Waals surface area contributed by atoms with Crippen LogP contribution in [0.2, 0.25) is 0 Å². The predicted molar refractivity (Wildman–Crippen MR) is 124 cm³/mol. The monoisotopic (exact) mass is 443 g/mol. The van der Waals surface area contributed by atoms with E-state index in [0.29, 0.717) is 30.9 Å². The second kappa shape index (κ2) is 7.49. The zero-order valence-electron chi connectivity index (χ0n) is 18.3. The Labute approximate surface area is 191 Å². The first-order chi connectivity index (χ1) is 16.1. The van der Waals surface area contributed by atoms with Gasteiger partial charge in [0, 0.05) is 23.6 Å². The number of rotatable bonds is 6. The maximum atomic E-state index is 13.5. The average Bonchev–Trinajstić information content (AvgIpc) is 3.59. The highest BCUT2D eigenvalue weighted by Crippen LogP contribution is 2.53. The van der Waals surface area contributed by atoms with Crippen molar-refractivity contribution >= 4 is 28.4 Å². The molecule has 33 heavy (non-hydrogen) atoms. The van der Waals surface area contributed by atoms with Crippen molar-refractivity contribution in [1.82, 2.24) is 10.3 Å². The highest BCUT2D eigenvalue weighted by molar-refractivity contribution is 6.04. The fourth-order valence-electron chi connectivity index (χ4n) is 5.63. The molecule has 7 heteroatoms. The molecule has 2 saturated heterocycles. The van der Waals surface area contributed by atoms with Crippen molar-refractivity contribution in [3.05, 3.63) is 72.4 Å². The molecule has 0 unspecified atom stereocenters. The molecule has 2 aromatic carbocycles. The number of nitrogens with one attached hydrogen (secondary N) is 2. The number of methoxy groups -OCH3 is 1. The summed E-state index contributed by atoms with van der Waals surface area (Å²) in [5.74, 6) is -0.675. The molecule has 2 bridgehead atoms. The first kappa shape index (κ1) is 20.1. The summed E-state index contributed by atoms with van der Waals surface area (Å²) < 4.78 is 11.7. The second-order valence-corrected chi connectivity index (χ2v) is 8.90. The molecule has 4 heterocycles. The van der Waals surface area contributed by atoms with Crippen molar-refractivity contribution in [1.29, 1.82) is 0 Å². The Bertz CT molecular complexity index is 1280. The first-order valence-corrected chi connectivity index (χ1v) is 11.3. The Morgan fingerprint density at radius 1 is 1.24 bits per heavy atom. The fourth-order valence-corrected chi connectivity index (χ4v) is 5.63. The lowest BCUT2D eigenvalue weighted by Crippen LogP contribution is -2.44. The van der Waals surface area contributed by atoms with E-state index in [1.807, 2.05) is 60.8 Å². The number of hydrogen-bond donors (Lipinski definition) is 2. The Morgan fingerprint density at radius 2 is 2.06 bits per heavy atom. The number of anilines is 1. The molecule has 1 aromatic heterocycles. The maximum Gasteiger partial charge on any atom is 0.234 e. The number of aromatic amines is 1. The molecule has 4 atom stereocenters. The summed E-state index contributed by atoms with van der Waals surface area (Å²) in [6, 6.07) is 15.6. The van der Waals surface area contributed by atoms with E-state index < -0.39 is 17.4 Å². The highest BCUT2D eigenvalue weighted by atomic mass is 16.5. The van der Waals surface area contributed by atoms with Crippen molar-refractivity contribution in [2.75, 3.05) is 25.1 Å². The summed E-state index contributed by atoms with van der Waals surface area (Å²) in [5.41, 5.74) is 2.18. The molecule has 0 saturated carbocycles. The normalized spacial score (nSPS) is 27.4. The molecule has 2 N–H and O–H groups in total. The van der Waals surface area contributed by atoms with Crippen LogP contribution in [0.1, 0.15) is 5.56 Å². The Balaban J connectivity index is 1.19. The van der Waals surface area contributed by atoms with Crippen LogP contribution in [0.5, 0.6) is 5.75 Å². The van der Waals surface area contributed by atoms with E-state index >= 15 is 0 Å². The molecule has 0 aliphatic carbocycles. The highest BCUT2D eigenvalue weighted by Gasteiger charge is 2.67. The first-order valence-electron chi connectivity index (χ1n) is 11.3. The standard InChI is InChI=1S/C26H25N3O4/c1-32-20-9-5-4-8-19(20)29-15-26-12-10-21(33-26)22(23(26)25(29)31)24(30)27-13-11-16-14-28-18-7-3-2-6-17(16)18/h2-10,12,14,21-23,28H,11,13,15H2,1H3,(H,27,30)/t21-,22+,23+,26+/m0/s1. The van der Waals surface area contributed by atoms with Crippen LogP contribution in [0, 0.1) is 11.8 Å². The zero-order valence-corrected chi connectivity index (χ0v) is 18.3. The fraction of sp³-hybridized carbons (Fsp3) is 0.308. The van der Waals surface area contributed by atoms with Crippen molar-refractivity contribution in [2.45, 2.75) is 18.1 Å². The maximum absolute atomic E-state index is 13.5. The molecule has 2 amide bonds. The third-order valence-electron chi connectivity index (χ3n) is 7.15. The number of carbonyl (C=O) groups is 2. The SMILES string of the molecule is COc1ccccc1N1C[C@@]23C=C[C@H](O2)[C@@H](C(=O)NCCc2c[nH]c4ccccc24)[C@@H]3C1=O. The van der Waals surface area contributed by atoms with Crippen LogP contribution >= 0.6 is 0 Å². The van der Waals surface area contributed by atoms with Crippen LogP contribution in [0.15, 0.2) is 66.9 Å². The molecule has 7 nitrogen and oxygen atoms in total. The van der Waals surface area contributed by atoms with Crippen LogP contribution < -0.4 is 15.0 Å². The van der Waals surface area contributed by atoms with Crippen LogP contribution in [-0.2, 0) is 20.7 Å². The Kier molecular flexibility index (Phi) is 4.55. The predicted octanol–water partition coefficient (Wildman–Crippen LogP) is 2.82. The minimum atomic E-state index is -0.762. The summed E-state index contributed by atoms with van der Waals surface area (Å²) in [6.45, 7) is 0.876. The van der Waals surface area contributed by atoms with Gasteiger partial charge in [0.25, 0.3) is 0 Å². The molecule has 1 spiro atoms. The lowest BCUT2D eigenvalue weighted by Gasteiger charge is -2.23. The van der Waals surface area contributed by atoms with Gasteiger partial charge in [0.1, 0.15) is 11.4 Å². The molecule has 2 fully saturated rings. The van der Waals surface area contributed by atoms with Crippen LogP contribution in [0.3, 0.4) is 0 Å². The number of benzene rings is 2. The quantitative estimate of drug-likeness (QED) is 0.574. The number of ether oxygens (including phenoxy) is 2. The summed E-state index contributed by atoms with van der Waals surface area (Å²) in [6.07, 6.45) is 6.22. The van der Waals surface area contributed by atoms with Crippen molar-refractivity contribution in [3.8, 4) is 5.75 Å². The van der Waals surface area contributed by atoms with E-state index in [0.717, 1.165) is 16.5 Å². The molecule has 0 radical (unpaired) electrons.